The Morgan fingerprint density at radius 2 is 2.08 bits per heavy atom. The summed E-state index contributed by atoms with van der Waals surface area (Å²) < 4.78 is 8.74. The van der Waals surface area contributed by atoms with Gasteiger partial charge in [0.15, 0.2) is 0 Å². The van der Waals surface area contributed by atoms with Gasteiger partial charge in [-0.3, -0.25) is 9.36 Å². The largest absolute Gasteiger partial charge is 0.353 e. The van der Waals surface area contributed by atoms with Crippen LogP contribution < -0.4 is 5.32 Å². The Bertz CT molecular complexity index is 168. The quantitative estimate of drug-likeness (QED) is 0.356. The van der Waals surface area contributed by atoms with Crippen molar-refractivity contribution in [3.63, 3.8) is 0 Å². The summed E-state index contributed by atoms with van der Waals surface area (Å²) in [5.41, 5.74) is 0. The summed E-state index contributed by atoms with van der Waals surface area (Å²) in [7, 11) is -3.13. The van der Waals surface area contributed by atoms with Gasteiger partial charge in [-0.15, -0.1) is 0 Å². The summed E-state index contributed by atoms with van der Waals surface area (Å²) in [6.45, 7) is 6.18. The van der Waals surface area contributed by atoms with Crippen LogP contribution in [-0.2, 0) is 9.36 Å². The van der Waals surface area contributed by atoms with E-state index in [1.807, 2.05) is 0 Å². The van der Waals surface area contributed by atoms with Crippen LogP contribution in [0.4, 0.5) is 0 Å². The molecule has 0 rings (SSSR count). The summed E-state index contributed by atoms with van der Waals surface area (Å²) in [4.78, 5) is 24.8. The first kappa shape index (κ1) is 14.9. The molecule has 0 saturated carbocycles. The molecule has 0 aromatic carbocycles. The minimum absolute atomic E-state index is 0.0801. The summed E-state index contributed by atoms with van der Waals surface area (Å²) in [6.07, 6.45) is 3.44. The van der Waals surface area contributed by atoms with Crippen LogP contribution in [0.5, 0.6) is 0 Å². The Labute approximate surface area is 78.4 Å². The average Bonchev–Trinajstić information content (AvgIpc) is 2.03. The van der Waals surface area contributed by atoms with Gasteiger partial charge in [0.2, 0.25) is 5.91 Å². The molecule has 0 atom stereocenters. The molecule has 5 nitrogen and oxygen atoms in total. The highest BCUT2D eigenvalue weighted by Crippen LogP contribution is 1.98. The van der Waals surface area contributed by atoms with Crippen LogP contribution in [0.1, 0.15) is 19.8 Å². The summed E-state index contributed by atoms with van der Waals surface area (Å²) in [5.74, 6) is -0.0801. The maximum atomic E-state index is 10.5. The molecule has 0 bridgehead atoms. The first-order valence-electron chi connectivity index (χ1n) is 3.86. The van der Waals surface area contributed by atoms with E-state index in [1.54, 1.807) is 0 Å². The van der Waals surface area contributed by atoms with Gasteiger partial charge in [-0.05, 0) is 12.5 Å². The standard InChI is InChI=1S/C7H13NO.H3O3P/c1-3-5-6-8-7(9)4-2;1-4(2)3/h4H,2-3,5-6H2,1H3,(H,8,9);4H,(H2,1,2,3). The lowest BCUT2D eigenvalue weighted by atomic mass is 10.3. The second kappa shape index (κ2) is 11.4. The molecule has 0 spiro atoms. The van der Waals surface area contributed by atoms with Gasteiger partial charge in [0, 0.05) is 6.54 Å². The fourth-order valence-electron chi connectivity index (χ4n) is 0.461. The number of carbonyl (C=O) groups is 1. The van der Waals surface area contributed by atoms with Crippen molar-refractivity contribution in [1.82, 2.24) is 5.32 Å². The lowest BCUT2D eigenvalue weighted by Gasteiger charge is -1.97. The number of nitrogens with one attached hydrogen (secondary N) is 1. The summed E-state index contributed by atoms with van der Waals surface area (Å²) >= 11 is 0. The molecule has 6 heteroatoms. The van der Waals surface area contributed by atoms with E-state index >= 15 is 0 Å². The highest BCUT2D eigenvalue weighted by atomic mass is 31.1. The Balaban J connectivity index is 0. The molecule has 0 aliphatic carbocycles. The van der Waals surface area contributed by atoms with Crippen LogP contribution in [0, 0.1) is 0 Å². The topological polar surface area (TPSA) is 86.6 Å². The Morgan fingerprint density at radius 1 is 1.62 bits per heavy atom. The first-order chi connectivity index (χ1) is 6.04. The SMILES string of the molecule is C=CC(=O)NCCCC.O=[PH](O)O. The van der Waals surface area contributed by atoms with Crippen LogP contribution in [0.2, 0.25) is 0 Å². The van der Waals surface area contributed by atoms with E-state index in [4.69, 9.17) is 14.4 Å². The van der Waals surface area contributed by atoms with Crippen LogP contribution in [0.15, 0.2) is 12.7 Å². The Kier molecular flexibility index (Phi) is 13.0. The molecule has 0 heterocycles. The maximum absolute atomic E-state index is 10.5. The fraction of sp³-hybridized carbons (Fsp3) is 0.571. The molecule has 0 aromatic heterocycles. The third-order valence-electron chi connectivity index (χ3n) is 1.01. The number of hydrogen-bond donors (Lipinski definition) is 3. The predicted molar refractivity (Wildman–Crippen MR) is 51.6 cm³/mol. The summed E-state index contributed by atoms with van der Waals surface area (Å²) in [5, 5.41) is 2.68. The Morgan fingerprint density at radius 3 is 2.38 bits per heavy atom. The van der Waals surface area contributed by atoms with Gasteiger partial charge in [0.1, 0.15) is 0 Å². The van der Waals surface area contributed by atoms with Crippen molar-refractivity contribution in [2.24, 2.45) is 0 Å². The molecule has 0 fully saturated rings. The van der Waals surface area contributed by atoms with E-state index in [1.165, 1.54) is 6.08 Å². The van der Waals surface area contributed by atoms with Gasteiger partial charge in [-0.2, -0.15) is 0 Å². The molecule has 0 aliphatic rings. The van der Waals surface area contributed by atoms with Gasteiger partial charge in [-0.1, -0.05) is 19.9 Å². The second-order valence-corrected chi connectivity index (χ2v) is 2.70. The highest BCUT2D eigenvalue weighted by Gasteiger charge is 1.88. The van der Waals surface area contributed by atoms with Gasteiger partial charge in [0.25, 0.3) is 0 Å². The lowest BCUT2D eigenvalue weighted by Crippen LogP contribution is -2.21. The van der Waals surface area contributed by atoms with Crippen molar-refractivity contribution in [3.8, 4) is 0 Å². The third kappa shape index (κ3) is 24.6. The van der Waals surface area contributed by atoms with Crippen molar-refractivity contribution < 1.29 is 19.1 Å². The number of unbranched alkanes of at least 4 members (excludes halogenated alkanes) is 1. The van der Waals surface area contributed by atoms with Gasteiger partial charge < -0.3 is 15.1 Å². The molecule has 78 valence electrons. The van der Waals surface area contributed by atoms with E-state index in [0.29, 0.717) is 0 Å². The minimum Gasteiger partial charge on any atom is -0.353 e. The van der Waals surface area contributed by atoms with E-state index in [9.17, 15) is 4.79 Å². The van der Waals surface area contributed by atoms with E-state index in [2.05, 4.69) is 18.8 Å². The number of hydrogen-bond acceptors (Lipinski definition) is 2. The van der Waals surface area contributed by atoms with Crippen LogP contribution in [-0.4, -0.2) is 22.2 Å². The van der Waals surface area contributed by atoms with Crippen LogP contribution in [0.3, 0.4) is 0 Å². The minimum atomic E-state index is -3.13. The average molecular weight is 209 g/mol. The third-order valence-corrected chi connectivity index (χ3v) is 1.01. The van der Waals surface area contributed by atoms with Crippen molar-refractivity contribution >= 4 is 14.2 Å². The first-order valence-corrected chi connectivity index (χ1v) is 5.17. The van der Waals surface area contributed by atoms with Crippen molar-refractivity contribution in [2.75, 3.05) is 6.54 Å². The zero-order chi connectivity index (χ0) is 10.7. The van der Waals surface area contributed by atoms with E-state index < -0.39 is 8.25 Å². The van der Waals surface area contributed by atoms with Gasteiger partial charge in [0.05, 0.1) is 0 Å². The molecular weight excluding hydrogens is 193 g/mol. The van der Waals surface area contributed by atoms with Gasteiger partial charge in [-0.25, -0.2) is 0 Å². The van der Waals surface area contributed by atoms with Gasteiger partial charge >= 0.3 is 8.25 Å². The van der Waals surface area contributed by atoms with E-state index in [-0.39, 0.29) is 5.91 Å². The molecule has 1 amide bonds. The zero-order valence-corrected chi connectivity index (χ0v) is 8.62. The van der Waals surface area contributed by atoms with Crippen LogP contribution >= 0.6 is 8.25 Å². The second-order valence-electron chi connectivity index (χ2n) is 2.13. The predicted octanol–water partition coefficient (Wildman–Crippen LogP) is 0.449. The summed E-state index contributed by atoms with van der Waals surface area (Å²) in [6, 6.07) is 0. The van der Waals surface area contributed by atoms with Crippen molar-refractivity contribution in [2.45, 2.75) is 19.8 Å². The molecule has 0 unspecified atom stereocenters. The number of amides is 1. The van der Waals surface area contributed by atoms with Crippen LogP contribution in [0.25, 0.3) is 0 Å². The molecule has 0 aliphatic heterocycles. The monoisotopic (exact) mass is 209 g/mol. The van der Waals surface area contributed by atoms with Crippen molar-refractivity contribution in [1.29, 1.82) is 0 Å². The van der Waals surface area contributed by atoms with Crippen molar-refractivity contribution in [3.05, 3.63) is 12.7 Å². The number of rotatable bonds is 4. The molecule has 3 N–H and O–H groups in total. The molecule has 0 saturated heterocycles. The fourth-order valence-corrected chi connectivity index (χ4v) is 0.461. The molecule has 0 aromatic rings. The zero-order valence-electron chi connectivity index (χ0n) is 7.62. The molecule has 13 heavy (non-hydrogen) atoms. The highest BCUT2D eigenvalue weighted by molar-refractivity contribution is 7.30. The maximum Gasteiger partial charge on any atom is 0.314 e. The van der Waals surface area contributed by atoms with E-state index in [0.717, 1.165) is 19.4 Å². The smallest absolute Gasteiger partial charge is 0.314 e. The normalized spacial score (nSPS) is 8.62. The Hall–Kier alpha value is -0.640. The number of carbonyl (C=O) groups excluding carboxylic acids is 1. The molecular formula is C7H16NO4P. The lowest BCUT2D eigenvalue weighted by molar-refractivity contribution is -0.116. The molecule has 0 radical (unpaired) electrons.